The number of carbonyl (C=O) groups excluding carboxylic acids is 1. The van der Waals surface area contributed by atoms with E-state index in [1.54, 1.807) is 13.1 Å². The number of likely N-dealkylation sites (N-methyl/N-ethyl adjacent to an activating group) is 1. The standard InChI is InChI=1S/C15H24N4O/c1-3-19-10-5-4-7-12(19)11-17-14-9-6-8-13(18-14)15(20)16-2/h6,8-9,12H,3-5,7,10-11H2,1-2H3,(H,16,20)(H,17,18). The highest BCUT2D eigenvalue weighted by molar-refractivity contribution is 5.92. The minimum Gasteiger partial charge on any atom is -0.368 e. The van der Waals surface area contributed by atoms with Crippen LogP contribution in [0.25, 0.3) is 0 Å². The van der Waals surface area contributed by atoms with E-state index in [1.165, 1.54) is 25.8 Å². The molecule has 5 heteroatoms. The molecule has 1 unspecified atom stereocenters. The van der Waals surface area contributed by atoms with E-state index in [4.69, 9.17) is 0 Å². The number of carbonyl (C=O) groups is 1. The molecular weight excluding hydrogens is 252 g/mol. The van der Waals surface area contributed by atoms with Gasteiger partial charge in [0.25, 0.3) is 5.91 Å². The Balaban J connectivity index is 1.94. The summed E-state index contributed by atoms with van der Waals surface area (Å²) in [4.78, 5) is 18.4. The predicted molar refractivity (Wildman–Crippen MR) is 81.0 cm³/mol. The van der Waals surface area contributed by atoms with E-state index >= 15 is 0 Å². The van der Waals surface area contributed by atoms with Crippen molar-refractivity contribution in [3.8, 4) is 0 Å². The summed E-state index contributed by atoms with van der Waals surface area (Å²) in [7, 11) is 1.62. The van der Waals surface area contributed by atoms with Gasteiger partial charge in [-0.15, -0.1) is 0 Å². The van der Waals surface area contributed by atoms with Gasteiger partial charge in [0.1, 0.15) is 11.5 Å². The molecule has 5 nitrogen and oxygen atoms in total. The second-order valence-corrected chi connectivity index (χ2v) is 5.15. The second kappa shape index (κ2) is 7.24. The summed E-state index contributed by atoms with van der Waals surface area (Å²) in [5.74, 6) is 0.620. The Labute approximate surface area is 120 Å². The lowest BCUT2D eigenvalue weighted by Gasteiger charge is -2.35. The molecule has 110 valence electrons. The Morgan fingerprint density at radius 2 is 2.30 bits per heavy atom. The Morgan fingerprint density at radius 1 is 1.45 bits per heavy atom. The molecule has 2 heterocycles. The molecule has 2 rings (SSSR count). The van der Waals surface area contributed by atoms with Gasteiger partial charge in [0.15, 0.2) is 0 Å². The first-order valence-corrected chi connectivity index (χ1v) is 7.41. The van der Waals surface area contributed by atoms with E-state index in [0.717, 1.165) is 18.9 Å². The monoisotopic (exact) mass is 276 g/mol. The highest BCUT2D eigenvalue weighted by Crippen LogP contribution is 2.17. The number of hydrogen-bond acceptors (Lipinski definition) is 4. The lowest BCUT2D eigenvalue weighted by molar-refractivity contribution is 0.0958. The number of nitrogens with one attached hydrogen (secondary N) is 2. The van der Waals surface area contributed by atoms with Gasteiger partial charge in [-0.05, 0) is 38.1 Å². The summed E-state index contributed by atoms with van der Waals surface area (Å²) in [5, 5.41) is 5.96. The van der Waals surface area contributed by atoms with Gasteiger partial charge in [0, 0.05) is 19.6 Å². The number of piperidine rings is 1. The SMILES string of the molecule is CCN1CCCCC1CNc1cccc(C(=O)NC)n1. The fourth-order valence-corrected chi connectivity index (χ4v) is 2.72. The van der Waals surface area contributed by atoms with Gasteiger partial charge >= 0.3 is 0 Å². The predicted octanol–water partition coefficient (Wildman–Crippen LogP) is 1.73. The second-order valence-electron chi connectivity index (χ2n) is 5.15. The smallest absolute Gasteiger partial charge is 0.269 e. The first kappa shape index (κ1) is 14.8. The highest BCUT2D eigenvalue weighted by atomic mass is 16.1. The maximum atomic E-state index is 11.6. The third-order valence-corrected chi connectivity index (χ3v) is 3.88. The normalized spacial score (nSPS) is 19.6. The fourth-order valence-electron chi connectivity index (χ4n) is 2.72. The minimum absolute atomic E-state index is 0.151. The third kappa shape index (κ3) is 3.70. The molecule has 0 aliphatic carbocycles. The molecule has 1 aliphatic rings. The van der Waals surface area contributed by atoms with Crippen molar-refractivity contribution in [2.24, 2.45) is 0 Å². The number of pyridine rings is 1. The largest absolute Gasteiger partial charge is 0.368 e. The van der Waals surface area contributed by atoms with Gasteiger partial charge in [-0.1, -0.05) is 19.4 Å². The molecule has 0 aromatic carbocycles. The van der Waals surface area contributed by atoms with E-state index in [-0.39, 0.29) is 5.91 Å². The van der Waals surface area contributed by atoms with E-state index < -0.39 is 0 Å². The van der Waals surface area contributed by atoms with E-state index in [0.29, 0.717) is 11.7 Å². The van der Waals surface area contributed by atoms with Crippen LogP contribution in [-0.2, 0) is 0 Å². The maximum absolute atomic E-state index is 11.6. The van der Waals surface area contributed by atoms with Crippen LogP contribution in [0.2, 0.25) is 0 Å². The summed E-state index contributed by atoms with van der Waals surface area (Å²) < 4.78 is 0. The quantitative estimate of drug-likeness (QED) is 0.860. The molecule has 1 saturated heterocycles. The van der Waals surface area contributed by atoms with Crippen LogP contribution < -0.4 is 10.6 Å². The van der Waals surface area contributed by atoms with Crippen LogP contribution >= 0.6 is 0 Å². The molecule has 20 heavy (non-hydrogen) atoms. The Hall–Kier alpha value is -1.62. The van der Waals surface area contributed by atoms with Gasteiger partial charge in [-0.3, -0.25) is 9.69 Å². The average molecular weight is 276 g/mol. The van der Waals surface area contributed by atoms with E-state index in [9.17, 15) is 4.79 Å². The van der Waals surface area contributed by atoms with Crippen molar-refractivity contribution in [3.05, 3.63) is 23.9 Å². The lowest BCUT2D eigenvalue weighted by Crippen LogP contribution is -2.43. The van der Waals surface area contributed by atoms with Crippen LogP contribution in [-0.4, -0.2) is 48.5 Å². The number of aromatic nitrogens is 1. The molecule has 0 saturated carbocycles. The molecule has 0 radical (unpaired) electrons. The first-order valence-electron chi connectivity index (χ1n) is 7.41. The van der Waals surface area contributed by atoms with Crippen molar-refractivity contribution < 1.29 is 4.79 Å². The summed E-state index contributed by atoms with van der Waals surface area (Å²) in [6, 6.07) is 6.06. The zero-order valence-corrected chi connectivity index (χ0v) is 12.4. The molecule has 1 aromatic rings. The third-order valence-electron chi connectivity index (χ3n) is 3.88. The van der Waals surface area contributed by atoms with Crippen LogP contribution in [0.1, 0.15) is 36.7 Å². The van der Waals surface area contributed by atoms with Crippen LogP contribution in [0, 0.1) is 0 Å². The van der Waals surface area contributed by atoms with Crippen LogP contribution in [0.4, 0.5) is 5.82 Å². The number of hydrogen-bond donors (Lipinski definition) is 2. The van der Waals surface area contributed by atoms with Crippen molar-refractivity contribution in [1.82, 2.24) is 15.2 Å². The molecule has 0 bridgehead atoms. The number of rotatable bonds is 5. The summed E-state index contributed by atoms with van der Waals surface area (Å²) in [6.45, 7) is 5.38. The zero-order chi connectivity index (χ0) is 14.4. The summed E-state index contributed by atoms with van der Waals surface area (Å²) in [5.41, 5.74) is 0.452. The van der Waals surface area contributed by atoms with Crippen molar-refractivity contribution in [3.63, 3.8) is 0 Å². The van der Waals surface area contributed by atoms with Crippen molar-refractivity contribution >= 4 is 11.7 Å². The van der Waals surface area contributed by atoms with Crippen molar-refractivity contribution in [2.45, 2.75) is 32.2 Å². The van der Waals surface area contributed by atoms with Gasteiger partial charge in [0.05, 0.1) is 0 Å². The zero-order valence-electron chi connectivity index (χ0n) is 12.4. The van der Waals surface area contributed by atoms with Gasteiger partial charge in [0.2, 0.25) is 0 Å². The minimum atomic E-state index is -0.151. The molecule has 1 amide bonds. The average Bonchev–Trinajstić information content (AvgIpc) is 2.52. The first-order chi connectivity index (χ1) is 9.74. The maximum Gasteiger partial charge on any atom is 0.269 e. The highest BCUT2D eigenvalue weighted by Gasteiger charge is 2.20. The molecule has 2 N–H and O–H groups in total. The molecule has 1 aromatic heterocycles. The molecule has 1 aliphatic heterocycles. The lowest BCUT2D eigenvalue weighted by atomic mass is 10.0. The van der Waals surface area contributed by atoms with Gasteiger partial charge < -0.3 is 10.6 Å². The number of nitrogens with zero attached hydrogens (tertiary/aromatic N) is 2. The van der Waals surface area contributed by atoms with Crippen LogP contribution in [0.5, 0.6) is 0 Å². The van der Waals surface area contributed by atoms with Gasteiger partial charge in [-0.25, -0.2) is 4.98 Å². The fraction of sp³-hybridized carbons (Fsp3) is 0.600. The number of amides is 1. The Morgan fingerprint density at radius 3 is 3.05 bits per heavy atom. The number of likely N-dealkylation sites (tertiary alicyclic amines) is 1. The van der Waals surface area contributed by atoms with Crippen LogP contribution in [0.15, 0.2) is 18.2 Å². The van der Waals surface area contributed by atoms with Crippen molar-refractivity contribution in [2.75, 3.05) is 32.0 Å². The van der Waals surface area contributed by atoms with E-state index in [1.807, 2.05) is 12.1 Å². The Bertz CT molecular complexity index is 449. The molecule has 1 atom stereocenters. The molecule has 1 fully saturated rings. The van der Waals surface area contributed by atoms with Crippen LogP contribution in [0.3, 0.4) is 0 Å². The Kier molecular flexibility index (Phi) is 5.35. The summed E-state index contributed by atoms with van der Waals surface area (Å²) >= 11 is 0. The number of anilines is 1. The van der Waals surface area contributed by atoms with Crippen molar-refractivity contribution in [1.29, 1.82) is 0 Å². The topological polar surface area (TPSA) is 57.3 Å². The summed E-state index contributed by atoms with van der Waals surface area (Å²) in [6.07, 6.45) is 3.83. The van der Waals surface area contributed by atoms with Gasteiger partial charge in [-0.2, -0.15) is 0 Å². The molecular formula is C15H24N4O. The molecule has 0 spiro atoms. The van der Waals surface area contributed by atoms with E-state index in [2.05, 4.69) is 27.4 Å².